The molecule has 2 N–H and O–H groups in total. The van der Waals surface area contributed by atoms with Crippen LogP contribution < -0.4 is 10.7 Å². The zero-order valence-electron chi connectivity index (χ0n) is 15.6. The van der Waals surface area contributed by atoms with Gasteiger partial charge in [0.1, 0.15) is 5.56 Å². The molecule has 1 aromatic heterocycles. The molecule has 144 valence electrons. The number of nitrogens with one attached hydrogen (secondary N) is 2. The van der Waals surface area contributed by atoms with E-state index in [1.165, 1.54) is 11.8 Å². The van der Waals surface area contributed by atoms with Crippen LogP contribution in [0.25, 0.3) is 10.9 Å². The minimum Gasteiger partial charge on any atom is -0.360 e. The lowest BCUT2D eigenvalue weighted by molar-refractivity contribution is 0.0949. The molecule has 0 aliphatic heterocycles. The maximum absolute atomic E-state index is 12.9. The normalized spacial score (nSPS) is 10.8. The molecule has 0 unspecified atom stereocenters. The zero-order chi connectivity index (χ0) is 20.2. The highest BCUT2D eigenvalue weighted by Crippen LogP contribution is 2.15. The van der Waals surface area contributed by atoms with E-state index in [0.29, 0.717) is 22.5 Å². The van der Waals surface area contributed by atoms with Crippen molar-refractivity contribution in [3.63, 3.8) is 0 Å². The maximum Gasteiger partial charge on any atom is 0.257 e. The van der Waals surface area contributed by atoms with Crippen LogP contribution in [0.3, 0.4) is 0 Å². The van der Waals surface area contributed by atoms with Crippen molar-refractivity contribution >= 4 is 28.4 Å². The molecule has 4 aromatic rings. The Morgan fingerprint density at radius 1 is 0.897 bits per heavy atom. The van der Waals surface area contributed by atoms with Crippen molar-refractivity contribution < 1.29 is 4.79 Å². The Balaban J connectivity index is 1.57. The van der Waals surface area contributed by atoms with Crippen molar-refractivity contribution in [1.29, 1.82) is 0 Å². The second kappa shape index (κ2) is 8.33. The highest BCUT2D eigenvalue weighted by Gasteiger charge is 2.13. The van der Waals surface area contributed by atoms with Crippen LogP contribution >= 0.6 is 11.6 Å². The average Bonchev–Trinajstić information content (AvgIpc) is 2.74. The molecule has 0 atom stereocenters. The second-order valence-electron chi connectivity index (χ2n) is 6.88. The highest BCUT2D eigenvalue weighted by molar-refractivity contribution is 6.30. The van der Waals surface area contributed by atoms with E-state index in [2.05, 4.69) is 22.4 Å². The summed E-state index contributed by atoms with van der Waals surface area (Å²) in [5, 5.41) is 3.94. The van der Waals surface area contributed by atoms with Crippen LogP contribution in [0.2, 0.25) is 5.02 Å². The van der Waals surface area contributed by atoms with Crippen LogP contribution in [-0.2, 0) is 13.0 Å². The third kappa shape index (κ3) is 4.39. The Bertz CT molecular complexity index is 1220. The number of carbonyl (C=O) groups excluding carboxylic acids is 1. The van der Waals surface area contributed by atoms with Crippen LogP contribution in [-0.4, -0.2) is 10.9 Å². The number of fused-ring (bicyclic) bond motifs is 1. The van der Waals surface area contributed by atoms with E-state index in [1.54, 1.807) is 12.1 Å². The summed E-state index contributed by atoms with van der Waals surface area (Å²) in [4.78, 5) is 28.6. The zero-order valence-corrected chi connectivity index (χ0v) is 16.4. The van der Waals surface area contributed by atoms with Gasteiger partial charge in [-0.3, -0.25) is 9.59 Å². The molecular formula is C24H19ClN2O2. The van der Waals surface area contributed by atoms with E-state index in [4.69, 9.17) is 11.6 Å². The number of rotatable bonds is 5. The Kier molecular flexibility index (Phi) is 5.45. The number of H-pyrrole nitrogens is 1. The Labute approximate surface area is 173 Å². The van der Waals surface area contributed by atoms with Gasteiger partial charge in [0.05, 0.1) is 0 Å². The lowest BCUT2D eigenvalue weighted by atomic mass is 10.0. The molecule has 0 saturated heterocycles. The number of halogens is 1. The summed E-state index contributed by atoms with van der Waals surface area (Å²) < 4.78 is 0. The standard InChI is InChI=1S/C24H19ClN2O2/c25-19-9-6-17(7-10-19)14-27-24(29)21-15-26-22-11-8-18(13-20(22)23(21)28)12-16-4-2-1-3-5-16/h1-11,13,15H,12,14H2,(H,26,28)(H,27,29). The fraction of sp³-hybridized carbons (Fsp3) is 0.0833. The van der Waals surface area contributed by atoms with Gasteiger partial charge in [0.2, 0.25) is 5.43 Å². The summed E-state index contributed by atoms with van der Waals surface area (Å²) in [5.74, 6) is -0.406. The Morgan fingerprint density at radius 2 is 1.62 bits per heavy atom. The number of hydrogen-bond donors (Lipinski definition) is 2. The second-order valence-corrected chi connectivity index (χ2v) is 7.32. The summed E-state index contributed by atoms with van der Waals surface area (Å²) in [6.07, 6.45) is 2.20. The molecule has 4 nitrogen and oxygen atoms in total. The maximum atomic E-state index is 12.9. The molecule has 0 aliphatic carbocycles. The van der Waals surface area contributed by atoms with E-state index in [-0.39, 0.29) is 11.0 Å². The van der Waals surface area contributed by atoms with Gasteiger partial charge < -0.3 is 10.3 Å². The van der Waals surface area contributed by atoms with Gasteiger partial charge >= 0.3 is 0 Å². The van der Waals surface area contributed by atoms with Gasteiger partial charge in [-0.2, -0.15) is 0 Å². The van der Waals surface area contributed by atoms with Crippen molar-refractivity contribution in [2.45, 2.75) is 13.0 Å². The third-order valence-corrected chi connectivity index (χ3v) is 5.06. The van der Waals surface area contributed by atoms with Gasteiger partial charge in [-0.15, -0.1) is 0 Å². The Hall–Kier alpha value is -3.37. The van der Waals surface area contributed by atoms with Crippen LogP contribution in [0.4, 0.5) is 0 Å². The molecule has 0 bridgehead atoms. The number of pyridine rings is 1. The smallest absolute Gasteiger partial charge is 0.257 e. The van der Waals surface area contributed by atoms with E-state index in [1.807, 2.05) is 48.5 Å². The molecule has 0 saturated carbocycles. The molecule has 1 heterocycles. The monoisotopic (exact) mass is 402 g/mol. The lowest BCUT2D eigenvalue weighted by Crippen LogP contribution is -2.28. The van der Waals surface area contributed by atoms with Gasteiger partial charge in [0, 0.05) is 28.7 Å². The van der Waals surface area contributed by atoms with Crippen molar-refractivity contribution in [2.75, 3.05) is 0 Å². The minimum atomic E-state index is -0.406. The highest BCUT2D eigenvalue weighted by atomic mass is 35.5. The topological polar surface area (TPSA) is 62.0 Å². The first kappa shape index (κ1) is 19.0. The predicted molar refractivity (Wildman–Crippen MR) is 116 cm³/mol. The predicted octanol–water partition coefficient (Wildman–Crippen LogP) is 4.70. The minimum absolute atomic E-state index is 0.100. The summed E-state index contributed by atoms with van der Waals surface area (Å²) in [6.45, 7) is 0.321. The molecule has 0 fully saturated rings. The Morgan fingerprint density at radius 3 is 2.38 bits per heavy atom. The quantitative estimate of drug-likeness (QED) is 0.508. The van der Waals surface area contributed by atoms with Gasteiger partial charge in [-0.1, -0.05) is 60.1 Å². The van der Waals surface area contributed by atoms with Gasteiger partial charge in [0.15, 0.2) is 0 Å². The van der Waals surface area contributed by atoms with Crippen LogP contribution in [0, 0.1) is 0 Å². The summed E-state index contributed by atoms with van der Waals surface area (Å²) in [7, 11) is 0. The first-order valence-electron chi connectivity index (χ1n) is 9.31. The molecular weight excluding hydrogens is 384 g/mol. The molecule has 5 heteroatoms. The number of aromatic nitrogens is 1. The average molecular weight is 403 g/mol. The van der Waals surface area contributed by atoms with Crippen LogP contribution in [0.1, 0.15) is 27.0 Å². The third-order valence-electron chi connectivity index (χ3n) is 4.81. The van der Waals surface area contributed by atoms with Gasteiger partial charge in [0.25, 0.3) is 5.91 Å². The summed E-state index contributed by atoms with van der Waals surface area (Å²) in [6, 6.07) is 23.0. The molecule has 4 rings (SSSR count). The number of benzene rings is 3. The van der Waals surface area contributed by atoms with Crippen LogP contribution in [0.5, 0.6) is 0 Å². The van der Waals surface area contributed by atoms with Crippen molar-refractivity contribution in [1.82, 2.24) is 10.3 Å². The fourth-order valence-corrected chi connectivity index (χ4v) is 3.38. The first-order chi connectivity index (χ1) is 14.1. The SMILES string of the molecule is O=C(NCc1ccc(Cl)cc1)c1c[nH]c2ccc(Cc3ccccc3)cc2c1=O. The van der Waals surface area contributed by atoms with Crippen molar-refractivity contribution in [3.8, 4) is 0 Å². The summed E-state index contributed by atoms with van der Waals surface area (Å²) >= 11 is 5.88. The molecule has 1 amide bonds. The molecule has 3 aromatic carbocycles. The summed E-state index contributed by atoms with van der Waals surface area (Å²) in [5.41, 5.74) is 3.63. The number of aromatic amines is 1. The van der Waals surface area contributed by atoms with Crippen molar-refractivity contribution in [2.24, 2.45) is 0 Å². The molecule has 0 aliphatic rings. The fourth-order valence-electron chi connectivity index (χ4n) is 3.26. The molecule has 0 radical (unpaired) electrons. The van der Waals surface area contributed by atoms with E-state index in [9.17, 15) is 9.59 Å². The lowest BCUT2D eigenvalue weighted by Gasteiger charge is -2.08. The van der Waals surface area contributed by atoms with Crippen LogP contribution in [0.15, 0.2) is 83.8 Å². The van der Waals surface area contributed by atoms with Crippen molar-refractivity contribution in [3.05, 3.63) is 116 Å². The van der Waals surface area contributed by atoms with Gasteiger partial charge in [-0.25, -0.2) is 0 Å². The largest absolute Gasteiger partial charge is 0.360 e. The number of hydrogen-bond acceptors (Lipinski definition) is 2. The first-order valence-corrected chi connectivity index (χ1v) is 9.69. The number of amides is 1. The van der Waals surface area contributed by atoms with E-state index >= 15 is 0 Å². The number of carbonyl (C=O) groups is 1. The van der Waals surface area contributed by atoms with Gasteiger partial charge in [-0.05, 0) is 47.4 Å². The van der Waals surface area contributed by atoms with E-state index < -0.39 is 5.91 Å². The molecule has 0 spiro atoms. The van der Waals surface area contributed by atoms with E-state index in [0.717, 1.165) is 17.5 Å². The molecule has 29 heavy (non-hydrogen) atoms.